The van der Waals surface area contributed by atoms with Crippen LogP contribution in [-0.4, -0.2) is 4.98 Å². The summed E-state index contributed by atoms with van der Waals surface area (Å²) in [6.07, 6.45) is 1.80. The summed E-state index contributed by atoms with van der Waals surface area (Å²) in [6, 6.07) is 8.34. The van der Waals surface area contributed by atoms with Crippen LogP contribution in [0, 0.1) is 20.8 Å². The summed E-state index contributed by atoms with van der Waals surface area (Å²) in [7, 11) is 0. The number of benzene rings is 1. The van der Waals surface area contributed by atoms with E-state index in [1.165, 1.54) is 16.7 Å². The second-order valence-corrected chi connectivity index (χ2v) is 4.19. The Morgan fingerprint density at radius 3 is 2.56 bits per heavy atom. The van der Waals surface area contributed by atoms with Gasteiger partial charge < -0.3 is 5.73 Å². The minimum absolute atomic E-state index is 0.597. The van der Waals surface area contributed by atoms with Gasteiger partial charge in [-0.15, -0.1) is 0 Å². The zero-order chi connectivity index (χ0) is 11.7. The Hall–Kier alpha value is -1.83. The Labute approximate surface area is 96.1 Å². The average molecular weight is 212 g/mol. The van der Waals surface area contributed by atoms with Crippen molar-refractivity contribution in [3.05, 3.63) is 47.2 Å². The quantitative estimate of drug-likeness (QED) is 0.788. The molecular formula is C14H16N2. The molecule has 0 aliphatic carbocycles. The summed E-state index contributed by atoms with van der Waals surface area (Å²) in [5.74, 6) is 0.597. The Balaban J connectivity index is 2.67. The van der Waals surface area contributed by atoms with Crippen LogP contribution < -0.4 is 5.73 Å². The third-order valence-corrected chi connectivity index (χ3v) is 2.95. The molecule has 0 bridgehead atoms. The molecule has 82 valence electrons. The molecule has 0 saturated carbocycles. The van der Waals surface area contributed by atoms with Gasteiger partial charge in [-0.25, -0.2) is 4.98 Å². The lowest BCUT2D eigenvalue weighted by atomic mass is 9.97. The van der Waals surface area contributed by atoms with Gasteiger partial charge in [-0.05, 0) is 49.1 Å². The monoisotopic (exact) mass is 212 g/mol. The van der Waals surface area contributed by atoms with Gasteiger partial charge in [0.1, 0.15) is 5.82 Å². The normalized spacial score (nSPS) is 10.4. The third kappa shape index (κ3) is 1.78. The molecule has 0 saturated heterocycles. The van der Waals surface area contributed by atoms with Crippen LogP contribution in [0.15, 0.2) is 30.5 Å². The highest BCUT2D eigenvalue weighted by Gasteiger charge is 2.07. The fourth-order valence-corrected chi connectivity index (χ4v) is 1.84. The van der Waals surface area contributed by atoms with Crippen LogP contribution in [0.1, 0.15) is 16.7 Å². The lowest BCUT2D eigenvalue weighted by Crippen LogP contribution is -1.96. The molecule has 2 N–H and O–H groups in total. The van der Waals surface area contributed by atoms with Gasteiger partial charge in [0.2, 0.25) is 0 Å². The number of rotatable bonds is 1. The van der Waals surface area contributed by atoms with Gasteiger partial charge in [0.25, 0.3) is 0 Å². The van der Waals surface area contributed by atoms with Crippen molar-refractivity contribution >= 4 is 5.82 Å². The Morgan fingerprint density at radius 2 is 1.81 bits per heavy atom. The third-order valence-electron chi connectivity index (χ3n) is 2.95. The number of pyridine rings is 1. The van der Waals surface area contributed by atoms with Crippen LogP contribution in [0.25, 0.3) is 11.1 Å². The molecule has 0 spiro atoms. The average Bonchev–Trinajstić information content (AvgIpc) is 2.26. The molecule has 1 heterocycles. The molecule has 0 radical (unpaired) electrons. The molecule has 16 heavy (non-hydrogen) atoms. The Kier molecular flexibility index (Phi) is 2.65. The maximum Gasteiger partial charge on any atom is 0.131 e. The van der Waals surface area contributed by atoms with E-state index in [4.69, 9.17) is 5.73 Å². The Bertz CT molecular complexity index is 530. The van der Waals surface area contributed by atoms with Gasteiger partial charge >= 0.3 is 0 Å². The van der Waals surface area contributed by atoms with E-state index in [1.54, 1.807) is 6.20 Å². The fraction of sp³-hybridized carbons (Fsp3) is 0.214. The second kappa shape index (κ2) is 3.97. The lowest BCUT2D eigenvalue weighted by molar-refractivity contribution is 1.26. The molecule has 0 amide bonds. The maximum atomic E-state index is 5.93. The Morgan fingerprint density at radius 1 is 1.06 bits per heavy atom. The summed E-state index contributed by atoms with van der Waals surface area (Å²) >= 11 is 0. The summed E-state index contributed by atoms with van der Waals surface area (Å²) in [6.45, 7) is 6.26. The molecule has 2 heteroatoms. The van der Waals surface area contributed by atoms with Crippen LogP contribution in [0.2, 0.25) is 0 Å². The van der Waals surface area contributed by atoms with Crippen LogP contribution in [0.5, 0.6) is 0 Å². The molecule has 1 aromatic heterocycles. The lowest BCUT2D eigenvalue weighted by Gasteiger charge is -2.11. The molecule has 1 aromatic carbocycles. The molecule has 2 nitrogen and oxygen atoms in total. The highest BCUT2D eigenvalue weighted by molar-refractivity contribution is 5.77. The molecule has 0 aliphatic rings. The SMILES string of the molecule is Cc1cnc(N)c(-c2cccc(C)c2C)c1. The van der Waals surface area contributed by atoms with Crippen molar-refractivity contribution in [3.8, 4) is 11.1 Å². The largest absolute Gasteiger partial charge is 0.383 e. The zero-order valence-electron chi connectivity index (χ0n) is 9.91. The van der Waals surface area contributed by atoms with Gasteiger partial charge in [-0.3, -0.25) is 0 Å². The molecule has 2 aromatic rings. The number of aryl methyl sites for hydroxylation is 2. The van der Waals surface area contributed by atoms with Crippen molar-refractivity contribution in [2.45, 2.75) is 20.8 Å². The van der Waals surface area contributed by atoms with E-state index in [1.807, 2.05) is 6.92 Å². The number of nitrogens with two attached hydrogens (primary N) is 1. The number of anilines is 1. The molecule has 0 unspecified atom stereocenters. The van der Waals surface area contributed by atoms with E-state index in [9.17, 15) is 0 Å². The van der Waals surface area contributed by atoms with E-state index in [2.05, 4.69) is 43.1 Å². The van der Waals surface area contributed by atoms with Gasteiger partial charge in [-0.2, -0.15) is 0 Å². The fourth-order valence-electron chi connectivity index (χ4n) is 1.84. The van der Waals surface area contributed by atoms with E-state index in [-0.39, 0.29) is 0 Å². The van der Waals surface area contributed by atoms with Crippen molar-refractivity contribution in [2.24, 2.45) is 0 Å². The predicted molar refractivity (Wildman–Crippen MR) is 68.3 cm³/mol. The molecular weight excluding hydrogens is 196 g/mol. The van der Waals surface area contributed by atoms with Crippen LogP contribution in [0.4, 0.5) is 5.82 Å². The summed E-state index contributed by atoms with van der Waals surface area (Å²) in [4.78, 5) is 4.20. The first-order chi connectivity index (χ1) is 7.59. The number of nitrogen functional groups attached to an aromatic ring is 1. The number of nitrogens with zero attached hydrogens (tertiary/aromatic N) is 1. The highest BCUT2D eigenvalue weighted by Crippen LogP contribution is 2.29. The van der Waals surface area contributed by atoms with Gasteiger partial charge in [0, 0.05) is 11.8 Å². The molecule has 0 atom stereocenters. The smallest absolute Gasteiger partial charge is 0.131 e. The number of hydrogen-bond acceptors (Lipinski definition) is 2. The summed E-state index contributed by atoms with van der Waals surface area (Å²) in [5, 5.41) is 0. The predicted octanol–water partition coefficient (Wildman–Crippen LogP) is 3.26. The minimum Gasteiger partial charge on any atom is -0.383 e. The minimum atomic E-state index is 0.597. The standard InChI is InChI=1S/C14H16N2/c1-9-7-13(14(15)16-8-9)12-6-4-5-10(2)11(12)3/h4-8H,1-3H3,(H2,15,16). The number of aromatic nitrogens is 1. The zero-order valence-corrected chi connectivity index (χ0v) is 9.91. The van der Waals surface area contributed by atoms with E-state index >= 15 is 0 Å². The van der Waals surface area contributed by atoms with Crippen LogP contribution in [0.3, 0.4) is 0 Å². The first-order valence-corrected chi connectivity index (χ1v) is 5.38. The summed E-state index contributed by atoms with van der Waals surface area (Å²) < 4.78 is 0. The van der Waals surface area contributed by atoms with E-state index in [0.717, 1.165) is 11.1 Å². The molecule has 0 aliphatic heterocycles. The van der Waals surface area contributed by atoms with Crippen molar-refractivity contribution in [1.29, 1.82) is 0 Å². The first kappa shape index (κ1) is 10.7. The highest BCUT2D eigenvalue weighted by atomic mass is 14.8. The van der Waals surface area contributed by atoms with Gasteiger partial charge in [0.05, 0.1) is 0 Å². The maximum absolute atomic E-state index is 5.93. The first-order valence-electron chi connectivity index (χ1n) is 5.38. The van der Waals surface area contributed by atoms with Gasteiger partial charge in [0.15, 0.2) is 0 Å². The summed E-state index contributed by atoms with van der Waals surface area (Å²) in [5.41, 5.74) is 11.8. The second-order valence-electron chi connectivity index (χ2n) is 4.19. The van der Waals surface area contributed by atoms with Gasteiger partial charge in [-0.1, -0.05) is 18.2 Å². The van der Waals surface area contributed by atoms with Crippen LogP contribution in [-0.2, 0) is 0 Å². The van der Waals surface area contributed by atoms with Crippen molar-refractivity contribution < 1.29 is 0 Å². The number of hydrogen-bond donors (Lipinski definition) is 1. The topological polar surface area (TPSA) is 38.9 Å². The van der Waals surface area contributed by atoms with Crippen molar-refractivity contribution in [2.75, 3.05) is 5.73 Å². The molecule has 2 rings (SSSR count). The van der Waals surface area contributed by atoms with Crippen molar-refractivity contribution in [3.63, 3.8) is 0 Å². The van der Waals surface area contributed by atoms with E-state index in [0.29, 0.717) is 5.82 Å². The van der Waals surface area contributed by atoms with Crippen LogP contribution >= 0.6 is 0 Å². The molecule has 0 fully saturated rings. The van der Waals surface area contributed by atoms with E-state index < -0.39 is 0 Å². The van der Waals surface area contributed by atoms with Crippen molar-refractivity contribution in [1.82, 2.24) is 4.98 Å².